The van der Waals surface area contributed by atoms with E-state index in [1.54, 1.807) is 6.07 Å². The highest BCUT2D eigenvalue weighted by Gasteiger charge is 2.38. The van der Waals surface area contributed by atoms with Gasteiger partial charge in [-0.3, -0.25) is 0 Å². The van der Waals surface area contributed by atoms with E-state index in [4.69, 9.17) is 0 Å². The second-order valence-corrected chi connectivity index (χ2v) is 7.34. The van der Waals surface area contributed by atoms with Crippen LogP contribution < -0.4 is 5.32 Å². The lowest BCUT2D eigenvalue weighted by molar-refractivity contribution is -0.159. The number of nitrogens with one attached hydrogen (secondary N) is 1. The number of urea groups is 1. The summed E-state index contributed by atoms with van der Waals surface area (Å²) in [5, 5.41) is 5.74. The molecule has 0 saturated heterocycles. The van der Waals surface area contributed by atoms with E-state index >= 15 is 0 Å². The Morgan fingerprint density at radius 1 is 1.24 bits per heavy atom. The number of hydrogen-bond acceptors (Lipinski definition) is 5. The highest BCUT2D eigenvalue weighted by molar-refractivity contribution is 7.15. The Bertz CT molecular complexity index is 1080. The molecule has 0 saturated carbocycles. The largest absolute Gasteiger partial charge is 0.471 e. The predicted octanol–water partition coefficient (Wildman–Crippen LogP) is 4.69. The van der Waals surface area contributed by atoms with Crippen LogP contribution in [0.15, 0.2) is 28.8 Å². The summed E-state index contributed by atoms with van der Waals surface area (Å²) in [6, 6.07) is 3.83. The van der Waals surface area contributed by atoms with E-state index < -0.39 is 29.7 Å². The normalized spacial score (nSPS) is 14.0. The van der Waals surface area contributed by atoms with Crippen LogP contribution in [0.1, 0.15) is 16.3 Å². The maximum absolute atomic E-state index is 13.7. The minimum absolute atomic E-state index is 0.153. The summed E-state index contributed by atoms with van der Waals surface area (Å²) in [6.07, 6.45) is -4.27. The minimum atomic E-state index is -4.73. The molecular weight excluding hydrogens is 419 g/mol. The topological polar surface area (TPSA) is 71.3 Å². The Balaban J connectivity index is 1.49. The van der Waals surface area contributed by atoms with Crippen molar-refractivity contribution in [2.45, 2.75) is 19.1 Å². The molecule has 2 amide bonds. The van der Waals surface area contributed by atoms with Gasteiger partial charge in [-0.25, -0.2) is 13.6 Å². The summed E-state index contributed by atoms with van der Waals surface area (Å²) in [5.74, 6) is -3.27. The highest BCUT2D eigenvalue weighted by Crippen LogP contribution is 2.35. The van der Waals surface area contributed by atoms with Crippen LogP contribution in [-0.4, -0.2) is 27.6 Å². The van der Waals surface area contributed by atoms with Gasteiger partial charge in [0.1, 0.15) is 11.6 Å². The van der Waals surface area contributed by atoms with Crippen molar-refractivity contribution in [1.82, 2.24) is 15.0 Å². The molecule has 3 aromatic rings. The molecule has 29 heavy (non-hydrogen) atoms. The molecule has 0 radical (unpaired) electrons. The summed E-state index contributed by atoms with van der Waals surface area (Å²) in [4.78, 5) is 18.5. The Morgan fingerprint density at radius 3 is 2.72 bits per heavy atom. The van der Waals surface area contributed by atoms with Gasteiger partial charge in [0.05, 0.1) is 10.6 Å². The maximum atomic E-state index is 13.7. The third-order valence-corrected chi connectivity index (χ3v) is 5.45. The molecule has 6 nitrogen and oxygen atoms in total. The predicted molar refractivity (Wildman–Crippen MR) is 92.1 cm³/mol. The monoisotopic (exact) mass is 430 g/mol. The Kier molecular flexibility index (Phi) is 4.73. The van der Waals surface area contributed by atoms with E-state index in [2.05, 4.69) is 20.0 Å². The van der Waals surface area contributed by atoms with Gasteiger partial charge in [0, 0.05) is 24.0 Å². The smallest absolute Gasteiger partial charge is 0.329 e. The Morgan fingerprint density at radius 2 is 2.03 bits per heavy atom. The molecule has 152 valence electrons. The average molecular weight is 430 g/mol. The van der Waals surface area contributed by atoms with Crippen molar-refractivity contribution in [2.75, 3.05) is 11.9 Å². The molecule has 0 spiro atoms. The van der Waals surface area contributed by atoms with Crippen LogP contribution >= 0.6 is 11.3 Å². The van der Waals surface area contributed by atoms with E-state index in [1.165, 1.54) is 16.2 Å². The molecule has 2 aromatic heterocycles. The van der Waals surface area contributed by atoms with E-state index in [0.717, 1.165) is 22.6 Å². The number of thiophene rings is 1. The number of nitrogens with zero attached hydrogens (tertiary/aromatic N) is 3. The van der Waals surface area contributed by atoms with Crippen molar-refractivity contribution in [2.24, 2.45) is 0 Å². The van der Waals surface area contributed by atoms with Crippen LogP contribution in [0.2, 0.25) is 0 Å². The zero-order valence-corrected chi connectivity index (χ0v) is 15.2. The van der Waals surface area contributed by atoms with Gasteiger partial charge < -0.3 is 14.7 Å². The lowest BCUT2D eigenvalue weighted by Gasteiger charge is -2.27. The quantitative estimate of drug-likeness (QED) is 0.599. The summed E-state index contributed by atoms with van der Waals surface area (Å²) in [6.45, 7) is 0.492. The van der Waals surface area contributed by atoms with Crippen LogP contribution in [0, 0.1) is 11.6 Å². The second kappa shape index (κ2) is 7.10. The van der Waals surface area contributed by atoms with Crippen LogP contribution in [0.25, 0.3) is 10.7 Å². The third-order valence-electron chi connectivity index (χ3n) is 4.22. The van der Waals surface area contributed by atoms with Crippen LogP contribution in [0.3, 0.4) is 0 Å². The first-order valence-electron chi connectivity index (χ1n) is 8.24. The molecule has 1 aliphatic heterocycles. The molecule has 0 bridgehead atoms. The zero-order chi connectivity index (χ0) is 20.8. The van der Waals surface area contributed by atoms with E-state index in [0.29, 0.717) is 23.9 Å². The van der Waals surface area contributed by atoms with Gasteiger partial charge in [-0.2, -0.15) is 18.2 Å². The van der Waals surface area contributed by atoms with Gasteiger partial charge in [-0.1, -0.05) is 5.16 Å². The van der Waals surface area contributed by atoms with Crippen LogP contribution in [0.5, 0.6) is 0 Å². The maximum Gasteiger partial charge on any atom is 0.471 e. The van der Waals surface area contributed by atoms with E-state index in [-0.39, 0.29) is 18.1 Å². The molecule has 0 aliphatic carbocycles. The number of hydrogen-bond donors (Lipinski definition) is 1. The van der Waals surface area contributed by atoms with E-state index in [1.807, 2.05) is 0 Å². The van der Waals surface area contributed by atoms with Crippen molar-refractivity contribution in [3.63, 3.8) is 0 Å². The first-order chi connectivity index (χ1) is 13.7. The molecule has 12 heteroatoms. The zero-order valence-electron chi connectivity index (χ0n) is 14.4. The molecule has 1 N–H and O–H groups in total. The van der Waals surface area contributed by atoms with Crippen molar-refractivity contribution in [3.8, 4) is 10.7 Å². The highest BCUT2D eigenvalue weighted by atomic mass is 32.1. The second-order valence-electron chi connectivity index (χ2n) is 6.21. The fourth-order valence-corrected chi connectivity index (χ4v) is 3.93. The van der Waals surface area contributed by atoms with E-state index in [9.17, 15) is 26.7 Å². The van der Waals surface area contributed by atoms with Gasteiger partial charge >= 0.3 is 18.1 Å². The number of amides is 2. The summed E-state index contributed by atoms with van der Waals surface area (Å²) >= 11 is 1.22. The van der Waals surface area contributed by atoms with Crippen LogP contribution in [-0.2, 0) is 19.1 Å². The lowest BCUT2D eigenvalue weighted by Crippen LogP contribution is -2.38. The summed E-state index contributed by atoms with van der Waals surface area (Å²) < 4.78 is 68.8. The third kappa shape index (κ3) is 3.92. The van der Waals surface area contributed by atoms with Crippen molar-refractivity contribution in [1.29, 1.82) is 0 Å². The lowest BCUT2D eigenvalue weighted by atomic mass is 10.1. The van der Waals surface area contributed by atoms with Gasteiger partial charge in [0.15, 0.2) is 0 Å². The molecule has 1 aromatic carbocycles. The number of halogens is 5. The number of alkyl halides is 3. The number of carbonyl (C=O) groups excluding carboxylic acids is 1. The number of anilines is 1. The van der Waals surface area contributed by atoms with Gasteiger partial charge in [0.25, 0.3) is 0 Å². The minimum Gasteiger partial charge on any atom is -0.329 e. The molecule has 0 unspecified atom stereocenters. The Hall–Kier alpha value is -3.02. The molecule has 0 fully saturated rings. The summed E-state index contributed by atoms with van der Waals surface area (Å²) in [5.41, 5.74) is 0.573. The summed E-state index contributed by atoms with van der Waals surface area (Å²) in [7, 11) is 0. The fourth-order valence-electron chi connectivity index (χ4n) is 2.84. The van der Waals surface area contributed by atoms with Gasteiger partial charge in [-0.05, 0) is 30.2 Å². The molecular formula is C17H11F5N4O2S. The molecule has 0 atom stereocenters. The SMILES string of the molecule is O=C(Nc1ccc(F)cc1F)N1CCc2sc(-c3noc(C(F)(F)F)n3)cc2C1. The molecule has 1 aliphatic rings. The van der Waals surface area contributed by atoms with Gasteiger partial charge in [0.2, 0.25) is 5.82 Å². The van der Waals surface area contributed by atoms with Crippen molar-refractivity contribution >= 4 is 23.1 Å². The molecule has 4 rings (SSSR count). The van der Waals surface area contributed by atoms with Crippen LogP contribution in [0.4, 0.5) is 32.4 Å². The Labute approximate surface area is 163 Å². The first kappa shape index (κ1) is 19.3. The standard InChI is InChI=1S/C17H11F5N4O2S/c18-9-1-2-11(10(19)6-9)23-16(27)26-4-3-12-8(7-26)5-13(29-12)14-24-15(28-25-14)17(20,21)22/h1-2,5-6H,3-4,7H2,(H,23,27). The van der Waals surface area contributed by atoms with Gasteiger partial charge in [-0.15, -0.1) is 11.3 Å². The number of rotatable bonds is 2. The average Bonchev–Trinajstić information content (AvgIpc) is 3.29. The first-order valence-corrected chi connectivity index (χ1v) is 9.06. The fraction of sp³-hybridized carbons (Fsp3) is 0.235. The number of carbonyl (C=O) groups is 1. The molecule has 3 heterocycles. The van der Waals surface area contributed by atoms with Crippen molar-refractivity contribution in [3.05, 3.63) is 52.2 Å². The number of benzene rings is 1. The van der Waals surface area contributed by atoms with Crippen molar-refractivity contribution < 1.29 is 31.3 Å². The number of aromatic nitrogens is 2. The number of fused-ring (bicyclic) bond motifs is 1.